The van der Waals surface area contributed by atoms with Crippen molar-refractivity contribution >= 4 is 12.0 Å². The summed E-state index contributed by atoms with van der Waals surface area (Å²) in [5, 5.41) is 3.22. The largest absolute Gasteiger partial charge is 0.419 e. The predicted molar refractivity (Wildman–Crippen MR) is 122 cm³/mol. The number of hydrogen-bond donors (Lipinski definition) is 1. The highest BCUT2D eigenvalue weighted by molar-refractivity contribution is 5.76. The standard InChI is InChI=1S/C24H35F3N6O/c1-15-10-32(20-28-8-18(9-29-20)24(25,26)27)11-16(2)33(15)21(34)30-19-6-23(7-19)13-31(14-23)12-17-5-22(17,3)4/h8-9,15-17,19H,5-7,10-14H2,1-4H3,(H,30,34)/t15-,16+,17?. The van der Waals surface area contributed by atoms with Crippen molar-refractivity contribution in [1.29, 1.82) is 0 Å². The SMILES string of the molecule is C[C@@H]1CN(c2ncc(C(F)(F)F)cn2)C[C@H](C)N1C(=O)NC1CC2(C1)CN(CC1CC1(C)C)C2. The number of carbonyl (C=O) groups excluding carboxylic acids is 1. The zero-order chi connectivity index (χ0) is 24.5. The lowest BCUT2D eigenvalue weighted by atomic mass is 9.60. The van der Waals surface area contributed by atoms with Gasteiger partial charge in [-0.3, -0.25) is 0 Å². The Bertz CT molecular complexity index is 910. The highest BCUT2D eigenvalue weighted by atomic mass is 19.4. The van der Waals surface area contributed by atoms with E-state index in [-0.39, 0.29) is 30.1 Å². The Morgan fingerprint density at radius 1 is 1.09 bits per heavy atom. The summed E-state index contributed by atoms with van der Waals surface area (Å²) in [4.78, 5) is 27.2. The first-order valence-electron chi connectivity index (χ1n) is 12.3. The number of aromatic nitrogens is 2. The Morgan fingerprint density at radius 2 is 1.65 bits per heavy atom. The summed E-state index contributed by atoms with van der Waals surface area (Å²) < 4.78 is 38.4. The Morgan fingerprint density at radius 3 is 2.15 bits per heavy atom. The molecule has 2 amide bonds. The number of carbonyl (C=O) groups is 1. The highest BCUT2D eigenvalue weighted by Gasteiger charge is 2.55. The summed E-state index contributed by atoms with van der Waals surface area (Å²) in [5.74, 6) is 1.10. The molecule has 0 aromatic carbocycles. The second kappa shape index (κ2) is 7.96. The third kappa shape index (κ3) is 4.45. The van der Waals surface area contributed by atoms with E-state index in [1.165, 1.54) is 13.0 Å². The molecule has 1 N–H and O–H groups in total. The van der Waals surface area contributed by atoms with Crippen LogP contribution >= 0.6 is 0 Å². The average molecular weight is 481 g/mol. The van der Waals surface area contributed by atoms with Crippen molar-refractivity contribution < 1.29 is 18.0 Å². The number of amides is 2. The normalized spacial score (nSPS) is 30.6. The minimum Gasteiger partial charge on any atom is -0.337 e. The van der Waals surface area contributed by atoms with Gasteiger partial charge in [-0.15, -0.1) is 0 Å². The molecule has 10 heteroatoms. The molecule has 0 bridgehead atoms. The topological polar surface area (TPSA) is 64.6 Å². The molecule has 188 valence electrons. The van der Waals surface area contributed by atoms with E-state index in [0.29, 0.717) is 23.9 Å². The van der Waals surface area contributed by atoms with Crippen LogP contribution in [0.15, 0.2) is 12.4 Å². The maximum absolute atomic E-state index is 13.1. The number of hydrogen-bond acceptors (Lipinski definition) is 5. The fourth-order valence-corrected chi connectivity index (χ4v) is 6.34. The first kappa shape index (κ1) is 23.6. The van der Waals surface area contributed by atoms with Crippen LogP contribution in [0.25, 0.3) is 0 Å². The van der Waals surface area contributed by atoms with Crippen LogP contribution in [0.3, 0.4) is 0 Å². The minimum absolute atomic E-state index is 0.0521. The number of likely N-dealkylation sites (tertiary alicyclic amines) is 1. The van der Waals surface area contributed by atoms with Crippen LogP contribution in [0.1, 0.15) is 52.5 Å². The monoisotopic (exact) mass is 480 g/mol. The molecular weight excluding hydrogens is 445 g/mol. The molecule has 1 aromatic heterocycles. The molecule has 5 rings (SSSR count). The molecule has 2 aliphatic carbocycles. The first-order valence-corrected chi connectivity index (χ1v) is 12.3. The number of urea groups is 1. The number of alkyl halides is 3. The molecule has 4 fully saturated rings. The van der Waals surface area contributed by atoms with Gasteiger partial charge in [-0.2, -0.15) is 13.2 Å². The molecular formula is C24H35F3N6O. The summed E-state index contributed by atoms with van der Waals surface area (Å²) in [6.07, 6.45) is 0.606. The maximum atomic E-state index is 13.1. The molecule has 1 spiro atoms. The van der Waals surface area contributed by atoms with Crippen molar-refractivity contribution in [2.24, 2.45) is 16.7 Å². The predicted octanol–water partition coefficient (Wildman–Crippen LogP) is 3.61. The fraction of sp³-hybridized carbons (Fsp3) is 0.792. The van der Waals surface area contributed by atoms with E-state index in [2.05, 4.69) is 34.0 Å². The Hall–Kier alpha value is -2.10. The lowest BCUT2D eigenvalue weighted by Crippen LogP contribution is -2.68. The van der Waals surface area contributed by atoms with Gasteiger partial charge in [0, 0.05) is 63.2 Å². The number of nitrogens with zero attached hydrogens (tertiary/aromatic N) is 5. The van der Waals surface area contributed by atoms with Gasteiger partial charge in [-0.05, 0) is 49.9 Å². The smallest absolute Gasteiger partial charge is 0.337 e. The minimum atomic E-state index is -4.46. The van der Waals surface area contributed by atoms with E-state index < -0.39 is 11.7 Å². The second-order valence-corrected chi connectivity index (χ2v) is 11.9. The van der Waals surface area contributed by atoms with Crippen molar-refractivity contribution in [3.8, 4) is 0 Å². The van der Waals surface area contributed by atoms with E-state index in [0.717, 1.165) is 44.2 Å². The molecule has 1 aromatic rings. The average Bonchev–Trinajstić information content (AvgIpc) is 3.29. The van der Waals surface area contributed by atoms with Crippen molar-refractivity contribution in [3.63, 3.8) is 0 Å². The van der Waals surface area contributed by atoms with Gasteiger partial charge in [0.25, 0.3) is 0 Å². The van der Waals surface area contributed by atoms with Gasteiger partial charge in [-0.1, -0.05) is 13.8 Å². The third-order valence-corrected chi connectivity index (χ3v) is 8.40. The molecule has 2 saturated carbocycles. The van der Waals surface area contributed by atoms with Gasteiger partial charge >= 0.3 is 12.2 Å². The maximum Gasteiger partial charge on any atom is 0.419 e. The van der Waals surface area contributed by atoms with Gasteiger partial charge < -0.3 is 20.0 Å². The van der Waals surface area contributed by atoms with E-state index in [1.54, 1.807) is 0 Å². The van der Waals surface area contributed by atoms with Crippen LogP contribution in [0.4, 0.5) is 23.9 Å². The molecule has 7 nitrogen and oxygen atoms in total. The first-order chi connectivity index (χ1) is 15.9. The second-order valence-electron chi connectivity index (χ2n) is 11.9. The molecule has 3 heterocycles. The van der Waals surface area contributed by atoms with Crippen LogP contribution in [0.5, 0.6) is 0 Å². The molecule has 4 aliphatic rings. The van der Waals surface area contributed by atoms with Crippen LogP contribution in [-0.4, -0.2) is 76.6 Å². The van der Waals surface area contributed by atoms with Gasteiger partial charge in [0.15, 0.2) is 0 Å². The van der Waals surface area contributed by atoms with Gasteiger partial charge in [-0.25, -0.2) is 14.8 Å². The molecule has 3 atom stereocenters. The van der Waals surface area contributed by atoms with Gasteiger partial charge in [0.1, 0.15) is 0 Å². The van der Waals surface area contributed by atoms with Crippen LogP contribution < -0.4 is 10.2 Å². The summed E-state index contributed by atoms with van der Waals surface area (Å²) in [7, 11) is 0. The molecule has 2 aliphatic heterocycles. The summed E-state index contributed by atoms with van der Waals surface area (Å²) >= 11 is 0. The number of nitrogens with one attached hydrogen (secondary N) is 1. The number of piperazine rings is 1. The summed E-state index contributed by atoms with van der Waals surface area (Å²) in [6.45, 7) is 13.1. The zero-order valence-electron chi connectivity index (χ0n) is 20.4. The molecule has 0 radical (unpaired) electrons. The number of rotatable bonds is 4. The molecule has 34 heavy (non-hydrogen) atoms. The van der Waals surface area contributed by atoms with Crippen molar-refractivity contribution in [2.75, 3.05) is 37.6 Å². The van der Waals surface area contributed by atoms with Crippen LogP contribution in [0.2, 0.25) is 0 Å². The number of anilines is 1. The quantitative estimate of drug-likeness (QED) is 0.713. The third-order valence-electron chi connectivity index (χ3n) is 8.40. The van der Waals surface area contributed by atoms with E-state index >= 15 is 0 Å². The van der Waals surface area contributed by atoms with Crippen LogP contribution in [-0.2, 0) is 6.18 Å². The molecule has 2 saturated heterocycles. The van der Waals surface area contributed by atoms with Gasteiger partial charge in [0.05, 0.1) is 5.56 Å². The van der Waals surface area contributed by atoms with Crippen molar-refractivity contribution in [3.05, 3.63) is 18.0 Å². The summed E-state index contributed by atoms with van der Waals surface area (Å²) in [5.41, 5.74) is 0.0569. The van der Waals surface area contributed by atoms with E-state index in [9.17, 15) is 18.0 Å². The fourth-order valence-electron chi connectivity index (χ4n) is 6.34. The Balaban J connectivity index is 1.09. The Kier molecular flexibility index (Phi) is 5.53. The number of halogens is 3. The van der Waals surface area contributed by atoms with Crippen molar-refractivity contribution in [2.45, 2.75) is 71.3 Å². The van der Waals surface area contributed by atoms with Gasteiger partial charge in [0.2, 0.25) is 5.95 Å². The van der Waals surface area contributed by atoms with Crippen LogP contribution in [0, 0.1) is 16.7 Å². The lowest BCUT2D eigenvalue weighted by molar-refractivity contribution is -0.138. The van der Waals surface area contributed by atoms with E-state index in [4.69, 9.17) is 0 Å². The van der Waals surface area contributed by atoms with Crippen molar-refractivity contribution in [1.82, 2.24) is 25.1 Å². The summed E-state index contributed by atoms with van der Waals surface area (Å²) in [6, 6.07) is -0.0408. The zero-order valence-corrected chi connectivity index (χ0v) is 20.4. The van der Waals surface area contributed by atoms with E-state index in [1.807, 2.05) is 23.6 Å². The lowest BCUT2D eigenvalue weighted by Gasteiger charge is -2.59. The molecule has 1 unspecified atom stereocenters. The highest BCUT2D eigenvalue weighted by Crippen LogP contribution is 2.55. The Labute approximate surface area is 199 Å².